The fraction of sp³-hybridized carbons (Fsp3) is 0.864. The van der Waals surface area contributed by atoms with Crippen LogP contribution in [0.1, 0.15) is 54.4 Å². The molecule has 1 spiro atoms. The molecule has 3 aliphatic rings. The number of carbonyl (C=O) groups excluding carboxylic acids is 3. The van der Waals surface area contributed by atoms with E-state index in [0.29, 0.717) is 6.42 Å². The molecule has 0 aromatic heterocycles. The van der Waals surface area contributed by atoms with Gasteiger partial charge in [0.25, 0.3) is 0 Å². The fourth-order valence-electron chi connectivity index (χ4n) is 5.88. The topological polar surface area (TPSA) is 98.7 Å². The summed E-state index contributed by atoms with van der Waals surface area (Å²) in [6.45, 7) is 11.8. The second kappa shape index (κ2) is 8.01. The van der Waals surface area contributed by atoms with E-state index in [-0.39, 0.29) is 41.4 Å². The fourth-order valence-corrected chi connectivity index (χ4v) is 8.29. The number of hydrogen-bond acceptors (Lipinski definition) is 5. The molecule has 7 atom stereocenters. The minimum atomic E-state index is -0.690. The van der Waals surface area contributed by atoms with Gasteiger partial charge in [0.2, 0.25) is 17.7 Å². The zero-order valence-electron chi connectivity index (χ0n) is 19.2. The minimum Gasteiger partial charge on any atom is -0.394 e. The van der Waals surface area contributed by atoms with Crippen molar-refractivity contribution in [2.45, 2.75) is 82.0 Å². The Bertz CT molecular complexity index is 722. The van der Waals surface area contributed by atoms with Crippen molar-refractivity contribution in [3.8, 4) is 0 Å². The van der Waals surface area contributed by atoms with Crippen LogP contribution in [0.5, 0.6) is 0 Å². The molecule has 0 saturated carbocycles. The smallest absolute Gasteiger partial charge is 0.244 e. The molecule has 3 saturated heterocycles. The predicted molar refractivity (Wildman–Crippen MR) is 118 cm³/mol. The molecule has 3 unspecified atom stereocenters. The van der Waals surface area contributed by atoms with Gasteiger partial charge in [0.1, 0.15) is 6.04 Å². The van der Waals surface area contributed by atoms with Crippen molar-refractivity contribution >= 4 is 29.5 Å². The van der Waals surface area contributed by atoms with Crippen molar-refractivity contribution in [2.24, 2.45) is 23.7 Å². The number of nitrogens with one attached hydrogen (secondary N) is 2. The van der Waals surface area contributed by atoms with Crippen LogP contribution in [0, 0.1) is 23.7 Å². The predicted octanol–water partition coefficient (Wildman–Crippen LogP) is 1.39. The van der Waals surface area contributed by atoms with Gasteiger partial charge >= 0.3 is 0 Å². The van der Waals surface area contributed by atoms with Crippen molar-refractivity contribution in [2.75, 3.05) is 13.7 Å². The lowest BCUT2D eigenvalue weighted by molar-refractivity contribution is -0.143. The molecule has 0 aromatic rings. The van der Waals surface area contributed by atoms with Gasteiger partial charge in [-0.1, -0.05) is 20.8 Å². The number of rotatable bonds is 6. The molecule has 3 N–H and O–H groups in total. The zero-order chi connectivity index (χ0) is 22.6. The van der Waals surface area contributed by atoms with E-state index < -0.39 is 34.2 Å². The summed E-state index contributed by atoms with van der Waals surface area (Å²) in [6, 6.07) is -1.13. The highest BCUT2D eigenvalue weighted by Gasteiger charge is 2.76. The molecule has 3 heterocycles. The van der Waals surface area contributed by atoms with Crippen molar-refractivity contribution in [1.29, 1.82) is 0 Å². The molecule has 0 aromatic carbocycles. The average Bonchev–Trinajstić information content (AvgIpc) is 3.21. The first-order chi connectivity index (χ1) is 13.9. The summed E-state index contributed by atoms with van der Waals surface area (Å²) < 4.78 is -0.640. The lowest BCUT2D eigenvalue weighted by Gasteiger charge is -2.41. The summed E-state index contributed by atoms with van der Waals surface area (Å²) in [5.74, 6) is -1.04. The Morgan fingerprint density at radius 2 is 1.93 bits per heavy atom. The second-order valence-electron chi connectivity index (χ2n) is 10.6. The number of amides is 3. The van der Waals surface area contributed by atoms with E-state index in [2.05, 4.69) is 17.6 Å². The summed E-state index contributed by atoms with van der Waals surface area (Å²) in [6.07, 6.45) is 1.42. The van der Waals surface area contributed by atoms with Gasteiger partial charge in [0, 0.05) is 17.8 Å². The Hall–Kier alpha value is -1.28. The van der Waals surface area contributed by atoms with Gasteiger partial charge in [-0.3, -0.25) is 14.4 Å². The maximum absolute atomic E-state index is 13.9. The van der Waals surface area contributed by atoms with Gasteiger partial charge in [0.15, 0.2) is 0 Å². The van der Waals surface area contributed by atoms with E-state index in [4.69, 9.17) is 0 Å². The molecule has 3 amide bonds. The molecule has 3 aliphatic heterocycles. The Morgan fingerprint density at radius 3 is 2.43 bits per heavy atom. The third kappa shape index (κ3) is 3.53. The Balaban J connectivity index is 2.12. The summed E-state index contributed by atoms with van der Waals surface area (Å²) in [7, 11) is 1.60. The molecule has 3 rings (SSSR count). The van der Waals surface area contributed by atoms with Crippen LogP contribution in [0.4, 0.5) is 0 Å². The molecule has 0 radical (unpaired) electrons. The van der Waals surface area contributed by atoms with Crippen molar-refractivity contribution in [3.63, 3.8) is 0 Å². The van der Waals surface area contributed by atoms with E-state index in [0.717, 1.165) is 6.42 Å². The first-order valence-corrected chi connectivity index (χ1v) is 11.9. The van der Waals surface area contributed by atoms with Crippen molar-refractivity contribution in [3.05, 3.63) is 0 Å². The van der Waals surface area contributed by atoms with Gasteiger partial charge in [0.05, 0.1) is 29.2 Å². The van der Waals surface area contributed by atoms with Gasteiger partial charge < -0.3 is 20.6 Å². The SMILES string of the molecule is CNC(=O)[C@@H]1[C@H]2C(=O)N([C@@H](CO)CC(C)C)C(C(=O)NC(C)(C)C)C23S[C@@H]1CC3C. The first kappa shape index (κ1) is 23.4. The monoisotopic (exact) mass is 439 g/mol. The van der Waals surface area contributed by atoms with Crippen LogP contribution in [0.15, 0.2) is 0 Å². The second-order valence-corrected chi connectivity index (χ2v) is 12.2. The average molecular weight is 440 g/mol. The number of aliphatic hydroxyl groups excluding tert-OH is 1. The lowest BCUT2D eigenvalue weighted by Crippen LogP contribution is -2.60. The van der Waals surface area contributed by atoms with Crippen LogP contribution in [0.2, 0.25) is 0 Å². The van der Waals surface area contributed by atoms with Crippen molar-refractivity contribution in [1.82, 2.24) is 15.5 Å². The number of aliphatic hydroxyl groups is 1. The third-order valence-corrected chi connectivity index (χ3v) is 8.90. The Morgan fingerprint density at radius 1 is 1.30 bits per heavy atom. The van der Waals surface area contributed by atoms with Crippen LogP contribution in [0.3, 0.4) is 0 Å². The molecular weight excluding hydrogens is 402 g/mol. The summed E-state index contributed by atoms with van der Waals surface area (Å²) >= 11 is 1.66. The normalized spacial score (nSPS) is 36.2. The molecule has 30 heavy (non-hydrogen) atoms. The van der Waals surface area contributed by atoms with Crippen LogP contribution < -0.4 is 10.6 Å². The standard InChI is InChI=1S/C22H37N3O4S/c1-11(2)8-13(10-26)25-17(19(28)24-21(4,5)6)22-12(3)9-14(30-22)15(18(27)23-7)16(22)20(25)29/h11-17,26H,8-10H2,1-7H3,(H,23,27)(H,24,28)/t12?,13-,14-,15+,16+,17?,22?/m1/s1. The molecule has 7 nitrogen and oxygen atoms in total. The summed E-state index contributed by atoms with van der Waals surface area (Å²) in [5.41, 5.74) is -0.446. The van der Waals surface area contributed by atoms with Gasteiger partial charge in [-0.25, -0.2) is 0 Å². The highest BCUT2D eigenvalue weighted by molar-refractivity contribution is 8.02. The molecular formula is C22H37N3O4S. The van der Waals surface area contributed by atoms with Gasteiger partial charge in [-0.05, 0) is 45.4 Å². The maximum Gasteiger partial charge on any atom is 0.244 e. The number of carbonyl (C=O) groups is 3. The molecule has 0 aliphatic carbocycles. The van der Waals surface area contributed by atoms with E-state index in [1.165, 1.54) is 0 Å². The van der Waals surface area contributed by atoms with Gasteiger partial charge in [-0.2, -0.15) is 0 Å². The highest BCUT2D eigenvalue weighted by atomic mass is 32.2. The molecule has 3 fully saturated rings. The van der Waals surface area contributed by atoms with E-state index in [1.807, 2.05) is 34.6 Å². The number of thioether (sulfide) groups is 1. The summed E-state index contributed by atoms with van der Waals surface area (Å²) in [5, 5.41) is 16.1. The molecule has 2 bridgehead atoms. The lowest BCUT2D eigenvalue weighted by atomic mass is 9.66. The number of likely N-dealkylation sites (tertiary alicyclic amines) is 1. The third-order valence-electron chi connectivity index (χ3n) is 6.83. The van der Waals surface area contributed by atoms with E-state index in [9.17, 15) is 19.5 Å². The number of nitrogens with zero attached hydrogens (tertiary/aromatic N) is 1. The number of hydrogen-bond donors (Lipinski definition) is 3. The minimum absolute atomic E-state index is 0.0404. The summed E-state index contributed by atoms with van der Waals surface area (Å²) in [4.78, 5) is 41.9. The zero-order valence-corrected chi connectivity index (χ0v) is 20.0. The van der Waals surface area contributed by atoms with Crippen LogP contribution >= 0.6 is 11.8 Å². The first-order valence-electron chi connectivity index (χ1n) is 11.0. The number of fused-ring (bicyclic) bond motifs is 1. The molecule has 170 valence electrons. The van der Waals surface area contributed by atoms with Gasteiger partial charge in [-0.15, -0.1) is 11.8 Å². The Labute approximate surface area is 184 Å². The highest BCUT2D eigenvalue weighted by Crippen LogP contribution is 2.68. The quantitative estimate of drug-likeness (QED) is 0.581. The largest absolute Gasteiger partial charge is 0.394 e. The maximum atomic E-state index is 13.9. The Kier molecular flexibility index (Phi) is 6.24. The van der Waals surface area contributed by atoms with Crippen LogP contribution in [-0.4, -0.2) is 69.0 Å². The van der Waals surface area contributed by atoms with Crippen LogP contribution in [0.25, 0.3) is 0 Å². The van der Waals surface area contributed by atoms with Crippen molar-refractivity contribution < 1.29 is 19.5 Å². The molecule has 8 heteroatoms. The van der Waals surface area contributed by atoms with E-state index >= 15 is 0 Å². The van der Waals surface area contributed by atoms with Crippen LogP contribution in [-0.2, 0) is 14.4 Å². The van der Waals surface area contributed by atoms with E-state index in [1.54, 1.807) is 23.7 Å².